The van der Waals surface area contributed by atoms with Crippen molar-refractivity contribution in [1.82, 2.24) is 10.3 Å². The van der Waals surface area contributed by atoms with E-state index in [4.69, 9.17) is 17.3 Å². The molecular formula is C18H16Cl2FN3OS. The Morgan fingerprint density at radius 3 is 2.81 bits per heavy atom. The number of nitrogen functional groups attached to an aromatic ring is 1. The van der Waals surface area contributed by atoms with Crippen LogP contribution in [0, 0.1) is 5.82 Å². The molecule has 0 spiro atoms. The zero-order valence-electron chi connectivity index (χ0n) is 13.8. The van der Waals surface area contributed by atoms with E-state index in [1.807, 2.05) is 6.92 Å². The van der Waals surface area contributed by atoms with Gasteiger partial charge in [-0.05, 0) is 36.3 Å². The number of fused-ring (bicyclic) bond motifs is 1. The van der Waals surface area contributed by atoms with E-state index in [-0.39, 0.29) is 30.7 Å². The second-order valence-corrected chi connectivity index (χ2v) is 6.96. The molecule has 3 rings (SSSR count). The van der Waals surface area contributed by atoms with E-state index < -0.39 is 0 Å². The minimum absolute atomic E-state index is 0. The van der Waals surface area contributed by atoms with Crippen LogP contribution in [0.4, 0.5) is 10.2 Å². The van der Waals surface area contributed by atoms with Gasteiger partial charge in [-0.3, -0.25) is 4.79 Å². The van der Waals surface area contributed by atoms with Crippen molar-refractivity contribution in [3.63, 3.8) is 0 Å². The second kappa shape index (κ2) is 8.49. The summed E-state index contributed by atoms with van der Waals surface area (Å²) in [7, 11) is 0. The first-order valence-corrected chi connectivity index (χ1v) is 8.68. The lowest BCUT2D eigenvalue weighted by Gasteiger charge is -2.04. The van der Waals surface area contributed by atoms with Gasteiger partial charge >= 0.3 is 0 Å². The van der Waals surface area contributed by atoms with Gasteiger partial charge in [-0.15, -0.1) is 23.7 Å². The number of hydrogen-bond donors (Lipinski definition) is 2. The maximum atomic E-state index is 13.8. The molecule has 0 saturated heterocycles. The monoisotopic (exact) mass is 411 g/mol. The number of aromatic nitrogens is 1. The molecule has 0 unspecified atom stereocenters. The Hall–Kier alpha value is -2.15. The third-order valence-electron chi connectivity index (χ3n) is 3.69. The molecule has 0 saturated carbocycles. The first-order valence-electron chi connectivity index (χ1n) is 7.49. The number of halogens is 3. The smallest absolute Gasteiger partial charge is 0.244 e. The number of allylic oxidation sites excluding steroid dienone is 1. The van der Waals surface area contributed by atoms with Crippen LogP contribution in [-0.2, 0) is 11.3 Å². The van der Waals surface area contributed by atoms with Crippen molar-refractivity contribution in [1.29, 1.82) is 0 Å². The van der Waals surface area contributed by atoms with Crippen molar-refractivity contribution in [2.45, 2.75) is 13.5 Å². The highest BCUT2D eigenvalue weighted by molar-refractivity contribution is 7.19. The topological polar surface area (TPSA) is 68.0 Å². The van der Waals surface area contributed by atoms with Crippen LogP contribution in [-0.4, -0.2) is 10.9 Å². The average molecular weight is 412 g/mol. The number of amides is 1. The third kappa shape index (κ3) is 4.33. The number of anilines is 1. The van der Waals surface area contributed by atoms with Gasteiger partial charge < -0.3 is 11.1 Å². The van der Waals surface area contributed by atoms with Gasteiger partial charge in [-0.1, -0.05) is 23.7 Å². The lowest BCUT2D eigenvalue weighted by molar-refractivity contribution is -0.116. The standard InChI is InChI=1S/C18H15ClFN3OS.ClH/c1-10(11-5-6-15(21)22-8-11)7-16(24)23-9-14-17(19)12-3-2-4-13(20)18(12)25-14;/h2-8H,9H2,1H3,(H2,21,22)(H,23,24);1H. The number of thiophene rings is 1. The number of carbonyl (C=O) groups is 1. The number of rotatable bonds is 4. The molecule has 0 aliphatic carbocycles. The van der Waals surface area contributed by atoms with E-state index >= 15 is 0 Å². The maximum absolute atomic E-state index is 13.8. The molecule has 4 nitrogen and oxygen atoms in total. The van der Waals surface area contributed by atoms with Crippen LogP contribution in [0.25, 0.3) is 15.7 Å². The van der Waals surface area contributed by atoms with Crippen LogP contribution in [0.5, 0.6) is 0 Å². The van der Waals surface area contributed by atoms with Crippen LogP contribution in [0.3, 0.4) is 0 Å². The predicted octanol–water partition coefficient (Wildman–Crippen LogP) is 4.81. The molecule has 0 atom stereocenters. The third-order valence-corrected chi connectivity index (χ3v) is 5.44. The number of benzene rings is 1. The number of nitrogens with one attached hydrogen (secondary N) is 1. The summed E-state index contributed by atoms with van der Waals surface area (Å²) in [6.45, 7) is 2.05. The number of nitrogens with zero attached hydrogens (tertiary/aromatic N) is 1. The van der Waals surface area contributed by atoms with Crippen LogP contribution < -0.4 is 11.1 Å². The molecule has 0 bridgehead atoms. The van der Waals surface area contributed by atoms with E-state index in [0.717, 1.165) is 16.0 Å². The fourth-order valence-electron chi connectivity index (χ4n) is 2.35. The predicted molar refractivity (Wildman–Crippen MR) is 108 cm³/mol. The fraction of sp³-hybridized carbons (Fsp3) is 0.111. The Bertz CT molecular complexity index is 970. The van der Waals surface area contributed by atoms with Crippen LogP contribution in [0.15, 0.2) is 42.6 Å². The Kier molecular flexibility index (Phi) is 6.58. The van der Waals surface area contributed by atoms with Gasteiger partial charge in [0.2, 0.25) is 5.91 Å². The summed E-state index contributed by atoms with van der Waals surface area (Å²) < 4.78 is 14.3. The Morgan fingerprint density at radius 2 is 2.15 bits per heavy atom. The maximum Gasteiger partial charge on any atom is 0.244 e. The lowest BCUT2D eigenvalue weighted by Crippen LogP contribution is -2.20. The van der Waals surface area contributed by atoms with E-state index in [2.05, 4.69) is 10.3 Å². The summed E-state index contributed by atoms with van der Waals surface area (Å²) in [5.74, 6) is -0.149. The molecular weight excluding hydrogens is 396 g/mol. The summed E-state index contributed by atoms with van der Waals surface area (Å²) in [6, 6.07) is 8.25. The van der Waals surface area contributed by atoms with Crippen molar-refractivity contribution in [2.75, 3.05) is 5.73 Å². The zero-order chi connectivity index (χ0) is 18.0. The van der Waals surface area contributed by atoms with Crippen LogP contribution >= 0.6 is 35.3 Å². The van der Waals surface area contributed by atoms with E-state index in [0.29, 0.717) is 20.9 Å². The molecule has 2 heterocycles. The molecule has 1 amide bonds. The molecule has 1 aromatic carbocycles. The number of pyridine rings is 1. The van der Waals surface area contributed by atoms with Gasteiger partial charge in [0.15, 0.2) is 0 Å². The number of carbonyl (C=O) groups excluding carboxylic acids is 1. The highest BCUT2D eigenvalue weighted by Crippen LogP contribution is 2.36. The van der Waals surface area contributed by atoms with E-state index in [1.165, 1.54) is 23.5 Å². The van der Waals surface area contributed by atoms with Gasteiger partial charge in [-0.25, -0.2) is 9.37 Å². The molecule has 8 heteroatoms. The largest absolute Gasteiger partial charge is 0.384 e. The van der Waals surface area contributed by atoms with Crippen LogP contribution in [0.1, 0.15) is 17.4 Å². The molecule has 3 aromatic rings. The molecule has 2 aromatic heterocycles. The van der Waals surface area contributed by atoms with E-state index in [9.17, 15) is 9.18 Å². The normalized spacial score (nSPS) is 11.3. The lowest BCUT2D eigenvalue weighted by atomic mass is 10.1. The molecule has 0 fully saturated rings. The molecule has 26 heavy (non-hydrogen) atoms. The van der Waals surface area contributed by atoms with Gasteiger partial charge in [0.1, 0.15) is 11.6 Å². The fourth-order valence-corrected chi connectivity index (χ4v) is 3.79. The average Bonchev–Trinajstić information content (AvgIpc) is 2.91. The van der Waals surface area contributed by atoms with Crippen molar-refractivity contribution >= 4 is 62.7 Å². The first-order chi connectivity index (χ1) is 12.0. The quantitative estimate of drug-likeness (QED) is 0.605. The highest BCUT2D eigenvalue weighted by atomic mass is 35.5. The van der Waals surface area contributed by atoms with E-state index in [1.54, 1.807) is 30.5 Å². The van der Waals surface area contributed by atoms with Gasteiger partial charge in [0, 0.05) is 22.5 Å². The second-order valence-electron chi connectivity index (χ2n) is 5.47. The minimum Gasteiger partial charge on any atom is -0.384 e. The van der Waals surface area contributed by atoms with Crippen LogP contribution in [0.2, 0.25) is 5.02 Å². The molecule has 0 aliphatic rings. The Labute approximate surface area is 165 Å². The van der Waals surface area contributed by atoms with Crippen molar-refractivity contribution in [3.05, 3.63) is 63.9 Å². The summed E-state index contributed by atoms with van der Waals surface area (Å²) in [5, 5.41) is 3.91. The van der Waals surface area contributed by atoms with Crippen molar-refractivity contribution in [2.24, 2.45) is 0 Å². The summed E-state index contributed by atoms with van der Waals surface area (Å²) in [5.41, 5.74) is 7.12. The van der Waals surface area contributed by atoms with Crippen molar-refractivity contribution in [3.8, 4) is 0 Å². The Morgan fingerprint density at radius 1 is 1.38 bits per heavy atom. The summed E-state index contributed by atoms with van der Waals surface area (Å²) in [6.07, 6.45) is 3.09. The van der Waals surface area contributed by atoms with Gasteiger partial charge in [-0.2, -0.15) is 0 Å². The zero-order valence-corrected chi connectivity index (χ0v) is 16.1. The molecule has 0 radical (unpaired) electrons. The van der Waals surface area contributed by atoms with Gasteiger partial charge in [0.05, 0.1) is 16.3 Å². The first kappa shape index (κ1) is 20.2. The molecule has 136 valence electrons. The minimum atomic E-state index is -0.312. The van der Waals surface area contributed by atoms with Crippen molar-refractivity contribution < 1.29 is 9.18 Å². The molecule has 0 aliphatic heterocycles. The Balaban J connectivity index is 0.00000243. The van der Waals surface area contributed by atoms with Gasteiger partial charge in [0.25, 0.3) is 0 Å². The number of nitrogens with two attached hydrogens (primary N) is 1. The highest BCUT2D eigenvalue weighted by Gasteiger charge is 2.13. The SMILES string of the molecule is CC(=CC(=O)NCc1sc2c(F)cccc2c1Cl)c1ccc(N)nc1.Cl. The summed E-state index contributed by atoms with van der Waals surface area (Å²) in [4.78, 5) is 16.8. The molecule has 3 N–H and O–H groups in total. The summed E-state index contributed by atoms with van der Waals surface area (Å²) >= 11 is 7.53. The number of hydrogen-bond acceptors (Lipinski definition) is 4.